The zero-order valence-corrected chi connectivity index (χ0v) is 14.2. The van der Waals surface area contributed by atoms with E-state index < -0.39 is 0 Å². The second kappa shape index (κ2) is 5.81. The molecular weight excluding hydrogens is 348 g/mol. The summed E-state index contributed by atoms with van der Waals surface area (Å²) < 4.78 is 0.848. The predicted molar refractivity (Wildman–Crippen MR) is 90.5 cm³/mol. The van der Waals surface area contributed by atoms with Gasteiger partial charge in [0.05, 0.1) is 6.54 Å². The molecule has 1 saturated carbocycles. The van der Waals surface area contributed by atoms with E-state index in [1.807, 2.05) is 35.4 Å². The summed E-state index contributed by atoms with van der Waals surface area (Å²) in [5, 5.41) is 2.05. The van der Waals surface area contributed by atoms with Gasteiger partial charge in [-0.3, -0.25) is 4.79 Å². The molecule has 2 N–H and O–H groups in total. The van der Waals surface area contributed by atoms with Crippen LogP contribution in [0.15, 0.2) is 34.1 Å². The van der Waals surface area contributed by atoms with Gasteiger partial charge >= 0.3 is 0 Å². The van der Waals surface area contributed by atoms with Gasteiger partial charge in [0.15, 0.2) is 0 Å². The van der Waals surface area contributed by atoms with Crippen LogP contribution in [0.25, 0.3) is 0 Å². The number of anilines is 1. The summed E-state index contributed by atoms with van der Waals surface area (Å²) in [6.07, 6.45) is 2.19. The number of rotatable bonds is 4. The van der Waals surface area contributed by atoms with E-state index in [-0.39, 0.29) is 5.91 Å². The molecule has 0 atom stereocenters. The number of hydrogen-bond acceptors (Lipinski definition) is 3. The molecule has 0 aliphatic heterocycles. The van der Waals surface area contributed by atoms with Gasteiger partial charge in [-0.05, 0) is 48.9 Å². The standard InChI is InChI=1S/C16H17BrN2OS/c1-10-14(7-11(17)8-15(10)18)16(20)19(12-4-5-12)9-13-3-2-6-21-13/h2-3,6-8,12H,4-5,9,18H2,1H3. The second-order valence-electron chi connectivity index (χ2n) is 5.41. The fourth-order valence-corrected chi connectivity index (χ4v) is 3.58. The highest BCUT2D eigenvalue weighted by Gasteiger charge is 2.34. The molecule has 0 saturated heterocycles. The molecule has 110 valence electrons. The van der Waals surface area contributed by atoms with Crippen molar-refractivity contribution in [2.75, 3.05) is 5.73 Å². The minimum Gasteiger partial charge on any atom is -0.398 e. The summed E-state index contributed by atoms with van der Waals surface area (Å²) in [6, 6.07) is 8.19. The van der Waals surface area contributed by atoms with Crippen molar-refractivity contribution in [2.24, 2.45) is 0 Å². The number of amides is 1. The van der Waals surface area contributed by atoms with Crippen LogP contribution in [-0.4, -0.2) is 16.8 Å². The lowest BCUT2D eigenvalue weighted by Gasteiger charge is -2.23. The van der Waals surface area contributed by atoms with Crippen molar-refractivity contribution in [1.82, 2.24) is 4.90 Å². The third-order valence-corrected chi connectivity index (χ3v) is 5.12. The van der Waals surface area contributed by atoms with E-state index in [1.54, 1.807) is 11.3 Å². The minimum atomic E-state index is 0.0800. The van der Waals surface area contributed by atoms with Gasteiger partial charge in [-0.1, -0.05) is 22.0 Å². The van der Waals surface area contributed by atoms with Gasteiger partial charge < -0.3 is 10.6 Å². The molecule has 1 heterocycles. The van der Waals surface area contributed by atoms with Crippen LogP contribution in [0.5, 0.6) is 0 Å². The molecule has 21 heavy (non-hydrogen) atoms. The highest BCUT2D eigenvalue weighted by atomic mass is 79.9. The maximum Gasteiger partial charge on any atom is 0.254 e. The fourth-order valence-electron chi connectivity index (χ4n) is 2.40. The van der Waals surface area contributed by atoms with Crippen LogP contribution in [0.4, 0.5) is 5.69 Å². The first-order chi connectivity index (χ1) is 10.1. The van der Waals surface area contributed by atoms with E-state index in [9.17, 15) is 4.79 Å². The lowest BCUT2D eigenvalue weighted by atomic mass is 10.1. The van der Waals surface area contributed by atoms with Crippen LogP contribution in [0.1, 0.15) is 33.6 Å². The van der Waals surface area contributed by atoms with Crippen molar-refractivity contribution in [3.05, 3.63) is 50.1 Å². The molecule has 3 rings (SSSR count). The molecule has 1 aromatic carbocycles. The molecule has 0 spiro atoms. The van der Waals surface area contributed by atoms with Gasteiger partial charge in [-0.25, -0.2) is 0 Å². The number of nitrogens with two attached hydrogens (primary N) is 1. The number of carbonyl (C=O) groups is 1. The first-order valence-electron chi connectivity index (χ1n) is 6.95. The Bertz CT molecular complexity index is 665. The van der Waals surface area contributed by atoms with Crippen LogP contribution in [-0.2, 0) is 6.54 Å². The van der Waals surface area contributed by atoms with E-state index in [0.29, 0.717) is 23.8 Å². The largest absolute Gasteiger partial charge is 0.398 e. The first kappa shape index (κ1) is 14.6. The Morgan fingerprint density at radius 3 is 2.86 bits per heavy atom. The zero-order chi connectivity index (χ0) is 15.0. The molecule has 3 nitrogen and oxygen atoms in total. The van der Waals surface area contributed by atoms with E-state index in [2.05, 4.69) is 22.0 Å². The van der Waals surface area contributed by atoms with E-state index in [4.69, 9.17) is 5.73 Å². The SMILES string of the molecule is Cc1c(N)cc(Br)cc1C(=O)N(Cc1cccs1)C1CC1. The molecule has 1 aliphatic rings. The van der Waals surface area contributed by atoms with Crippen molar-refractivity contribution < 1.29 is 4.79 Å². The van der Waals surface area contributed by atoms with E-state index >= 15 is 0 Å². The van der Waals surface area contributed by atoms with E-state index in [0.717, 1.165) is 22.9 Å². The van der Waals surface area contributed by atoms with Gasteiger partial charge in [-0.15, -0.1) is 11.3 Å². The van der Waals surface area contributed by atoms with Crippen molar-refractivity contribution in [1.29, 1.82) is 0 Å². The number of nitrogens with zero attached hydrogens (tertiary/aromatic N) is 1. The summed E-state index contributed by atoms with van der Waals surface area (Å²) in [7, 11) is 0. The molecule has 1 fully saturated rings. The molecule has 1 amide bonds. The van der Waals surface area contributed by atoms with Crippen molar-refractivity contribution in [3.63, 3.8) is 0 Å². The molecule has 0 radical (unpaired) electrons. The van der Waals surface area contributed by atoms with Gasteiger partial charge in [0, 0.05) is 26.6 Å². The minimum absolute atomic E-state index is 0.0800. The smallest absolute Gasteiger partial charge is 0.254 e. The highest BCUT2D eigenvalue weighted by Crippen LogP contribution is 2.32. The Balaban J connectivity index is 1.91. The van der Waals surface area contributed by atoms with Crippen LogP contribution in [0, 0.1) is 6.92 Å². The average molecular weight is 365 g/mol. The van der Waals surface area contributed by atoms with Crippen molar-refractivity contribution in [3.8, 4) is 0 Å². The van der Waals surface area contributed by atoms with Crippen molar-refractivity contribution >= 4 is 38.9 Å². The summed E-state index contributed by atoms with van der Waals surface area (Å²) >= 11 is 5.12. The number of thiophene rings is 1. The van der Waals surface area contributed by atoms with Crippen LogP contribution in [0.2, 0.25) is 0 Å². The number of nitrogen functional groups attached to an aromatic ring is 1. The number of halogens is 1. The summed E-state index contributed by atoms with van der Waals surface area (Å²) in [5.74, 6) is 0.0800. The van der Waals surface area contributed by atoms with Gasteiger partial charge in [0.2, 0.25) is 0 Å². The fraction of sp³-hybridized carbons (Fsp3) is 0.312. The highest BCUT2D eigenvalue weighted by molar-refractivity contribution is 9.10. The molecule has 2 aromatic rings. The predicted octanol–water partition coefficient (Wildman–Crippen LogP) is 4.21. The normalized spacial score (nSPS) is 14.2. The zero-order valence-electron chi connectivity index (χ0n) is 11.8. The summed E-state index contributed by atoms with van der Waals surface area (Å²) in [6.45, 7) is 2.60. The van der Waals surface area contributed by atoms with Crippen LogP contribution in [0.3, 0.4) is 0 Å². The lowest BCUT2D eigenvalue weighted by Crippen LogP contribution is -2.33. The monoisotopic (exact) mass is 364 g/mol. The topological polar surface area (TPSA) is 46.3 Å². The second-order valence-corrected chi connectivity index (χ2v) is 7.36. The van der Waals surface area contributed by atoms with Crippen molar-refractivity contribution in [2.45, 2.75) is 32.4 Å². The molecule has 1 aromatic heterocycles. The third-order valence-electron chi connectivity index (χ3n) is 3.80. The maximum atomic E-state index is 12.9. The number of hydrogen-bond donors (Lipinski definition) is 1. The first-order valence-corrected chi connectivity index (χ1v) is 8.62. The summed E-state index contributed by atoms with van der Waals surface area (Å²) in [5.41, 5.74) is 8.20. The Kier molecular flexibility index (Phi) is 4.04. The Labute approximate surface area is 136 Å². The van der Waals surface area contributed by atoms with Crippen LogP contribution < -0.4 is 5.73 Å². The molecular formula is C16H17BrN2OS. The number of carbonyl (C=O) groups excluding carboxylic acids is 1. The average Bonchev–Trinajstić information content (AvgIpc) is 3.16. The van der Waals surface area contributed by atoms with E-state index in [1.165, 1.54) is 4.88 Å². The van der Waals surface area contributed by atoms with Crippen LogP contribution >= 0.6 is 27.3 Å². The Morgan fingerprint density at radius 2 is 2.24 bits per heavy atom. The molecule has 0 bridgehead atoms. The summed E-state index contributed by atoms with van der Waals surface area (Å²) in [4.78, 5) is 16.1. The maximum absolute atomic E-state index is 12.9. The molecule has 0 unspecified atom stereocenters. The molecule has 5 heteroatoms. The Morgan fingerprint density at radius 1 is 1.48 bits per heavy atom. The van der Waals surface area contributed by atoms with Gasteiger partial charge in [-0.2, -0.15) is 0 Å². The van der Waals surface area contributed by atoms with Gasteiger partial charge in [0.1, 0.15) is 0 Å². The quantitative estimate of drug-likeness (QED) is 0.826. The third kappa shape index (κ3) is 3.14. The lowest BCUT2D eigenvalue weighted by molar-refractivity contribution is 0.0731. The Hall–Kier alpha value is -1.33. The van der Waals surface area contributed by atoms with Gasteiger partial charge in [0.25, 0.3) is 5.91 Å². The number of benzene rings is 1. The molecule has 1 aliphatic carbocycles.